The summed E-state index contributed by atoms with van der Waals surface area (Å²) in [7, 11) is 3.73. The Labute approximate surface area is 112 Å². The van der Waals surface area contributed by atoms with Crippen molar-refractivity contribution in [1.29, 1.82) is 0 Å². The van der Waals surface area contributed by atoms with Gasteiger partial charge in [0.1, 0.15) is 5.82 Å². The monoisotopic (exact) mass is 269 g/mol. The summed E-state index contributed by atoms with van der Waals surface area (Å²) in [5.74, 6) is -0.243. The number of likely N-dealkylation sites (N-methyl/N-ethyl adjacent to an activating group) is 1. The van der Waals surface area contributed by atoms with Gasteiger partial charge in [-0.05, 0) is 56.8 Å². The van der Waals surface area contributed by atoms with Crippen LogP contribution in [0.25, 0.3) is 5.57 Å². The second kappa shape index (κ2) is 6.12. The first-order chi connectivity index (χ1) is 8.36. The number of carbonyl (C=O) groups excluding carboxylic acids is 1. The third-order valence-electron chi connectivity index (χ3n) is 2.61. The summed E-state index contributed by atoms with van der Waals surface area (Å²) in [4.78, 5) is 13.1. The van der Waals surface area contributed by atoms with Gasteiger partial charge in [0.15, 0.2) is 6.29 Å². The zero-order valence-electron chi connectivity index (χ0n) is 11.1. The van der Waals surface area contributed by atoms with Crippen LogP contribution in [0.3, 0.4) is 0 Å². The maximum absolute atomic E-state index is 13.5. The Kier molecular flexibility index (Phi) is 5.05. The van der Waals surface area contributed by atoms with Gasteiger partial charge in [-0.3, -0.25) is 4.79 Å². The van der Waals surface area contributed by atoms with Crippen LogP contribution in [0.5, 0.6) is 0 Å². The minimum Gasteiger partial charge on any atom is -0.304 e. The van der Waals surface area contributed by atoms with E-state index in [0.29, 0.717) is 33.8 Å². The average molecular weight is 270 g/mol. The van der Waals surface area contributed by atoms with Crippen molar-refractivity contribution in [2.24, 2.45) is 0 Å². The summed E-state index contributed by atoms with van der Waals surface area (Å²) in [5.41, 5.74) is 2.10. The molecule has 18 heavy (non-hydrogen) atoms. The topological polar surface area (TPSA) is 20.3 Å². The lowest BCUT2D eigenvalue weighted by Crippen LogP contribution is -2.14. The molecule has 0 amide bonds. The first-order valence-corrected chi connectivity index (χ1v) is 6.00. The molecule has 0 spiro atoms. The van der Waals surface area contributed by atoms with Gasteiger partial charge >= 0.3 is 0 Å². The normalized spacial score (nSPS) is 12.6. The highest BCUT2D eigenvalue weighted by atomic mass is 35.5. The molecule has 1 aromatic rings. The number of carbonyl (C=O) groups is 1. The van der Waals surface area contributed by atoms with Crippen LogP contribution in [0, 0.1) is 19.7 Å². The lowest BCUT2D eigenvalue weighted by atomic mass is 10.0. The summed E-state index contributed by atoms with van der Waals surface area (Å²) < 4.78 is 13.5. The second-order valence-corrected chi connectivity index (χ2v) is 5.05. The van der Waals surface area contributed by atoms with E-state index in [1.165, 1.54) is 0 Å². The number of nitrogens with zero attached hydrogens (tertiary/aromatic N) is 1. The number of benzene rings is 1. The van der Waals surface area contributed by atoms with Gasteiger partial charge in [-0.2, -0.15) is 0 Å². The van der Waals surface area contributed by atoms with Gasteiger partial charge in [0.05, 0.1) is 0 Å². The summed E-state index contributed by atoms with van der Waals surface area (Å²) in [6.45, 7) is 3.83. The third kappa shape index (κ3) is 3.40. The minimum atomic E-state index is -0.243. The second-order valence-electron chi connectivity index (χ2n) is 4.60. The SMILES string of the molecule is Cc1cc(C(C=O)=C(Cl)CN(C)C)cc(C)c1F. The van der Waals surface area contributed by atoms with E-state index in [1.807, 2.05) is 19.0 Å². The number of aryl methyl sites for hydroxylation is 2. The Morgan fingerprint density at radius 3 is 2.22 bits per heavy atom. The maximum atomic E-state index is 13.5. The number of aldehydes is 1. The van der Waals surface area contributed by atoms with Crippen LogP contribution >= 0.6 is 11.6 Å². The number of hydrogen-bond donors (Lipinski definition) is 0. The van der Waals surface area contributed by atoms with Crippen molar-refractivity contribution in [3.63, 3.8) is 0 Å². The van der Waals surface area contributed by atoms with Crippen molar-refractivity contribution in [2.45, 2.75) is 13.8 Å². The lowest BCUT2D eigenvalue weighted by Gasteiger charge is -2.12. The average Bonchev–Trinajstić information content (AvgIpc) is 2.25. The molecule has 1 rings (SSSR count). The predicted molar refractivity (Wildman–Crippen MR) is 73.3 cm³/mol. The number of halogens is 2. The summed E-state index contributed by atoms with van der Waals surface area (Å²) >= 11 is 6.13. The molecule has 0 saturated carbocycles. The number of allylic oxidation sites excluding steroid dienone is 1. The van der Waals surface area contributed by atoms with Crippen LogP contribution in [0.4, 0.5) is 4.39 Å². The standard InChI is InChI=1S/C14H17ClFNO/c1-9-5-11(6-10(2)14(9)16)12(8-18)13(15)7-17(3)4/h5-6,8H,7H2,1-4H3. The van der Waals surface area contributed by atoms with Crippen LogP contribution < -0.4 is 0 Å². The smallest absolute Gasteiger partial charge is 0.151 e. The van der Waals surface area contributed by atoms with E-state index in [-0.39, 0.29) is 5.82 Å². The van der Waals surface area contributed by atoms with E-state index < -0.39 is 0 Å². The Hall–Kier alpha value is -1.19. The molecule has 0 bridgehead atoms. The van der Waals surface area contributed by atoms with E-state index in [4.69, 9.17) is 11.6 Å². The van der Waals surface area contributed by atoms with Crippen LogP contribution in [0.15, 0.2) is 17.2 Å². The van der Waals surface area contributed by atoms with Crippen molar-refractivity contribution < 1.29 is 9.18 Å². The van der Waals surface area contributed by atoms with Gasteiger partial charge in [-0.25, -0.2) is 4.39 Å². The van der Waals surface area contributed by atoms with E-state index in [9.17, 15) is 9.18 Å². The summed E-state index contributed by atoms with van der Waals surface area (Å²) in [6, 6.07) is 3.29. The molecule has 98 valence electrons. The first kappa shape index (κ1) is 14.9. The maximum Gasteiger partial charge on any atom is 0.151 e. The predicted octanol–water partition coefficient (Wildman–Crippen LogP) is 3.15. The van der Waals surface area contributed by atoms with Gasteiger partial charge in [0.25, 0.3) is 0 Å². The molecule has 0 atom stereocenters. The molecule has 0 saturated heterocycles. The van der Waals surface area contributed by atoms with E-state index in [0.717, 1.165) is 6.29 Å². The van der Waals surface area contributed by atoms with Crippen LogP contribution in [-0.4, -0.2) is 31.8 Å². The first-order valence-electron chi connectivity index (χ1n) is 5.62. The Morgan fingerprint density at radius 2 is 1.83 bits per heavy atom. The minimum absolute atomic E-state index is 0.243. The van der Waals surface area contributed by atoms with Gasteiger partial charge < -0.3 is 4.90 Å². The molecule has 0 heterocycles. The van der Waals surface area contributed by atoms with Gasteiger partial charge in [0, 0.05) is 17.2 Å². The highest BCUT2D eigenvalue weighted by molar-refractivity contribution is 6.37. The fraction of sp³-hybridized carbons (Fsp3) is 0.357. The van der Waals surface area contributed by atoms with Crippen LogP contribution in [0.1, 0.15) is 16.7 Å². The molecule has 0 aliphatic heterocycles. The molecule has 0 aliphatic carbocycles. The molecular formula is C14H17ClFNO. The third-order valence-corrected chi connectivity index (χ3v) is 2.94. The van der Waals surface area contributed by atoms with Crippen molar-refractivity contribution in [1.82, 2.24) is 4.90 Å². The fourth-order valence-electron chi connectivity index (χ4n) is 1.75. The fourth-order valence-corrected chi connectivity index (χ4v) is 2.15. The highest BCUT2D eigenvalue weighted by Gasteiger charge is 2.11. The highest BCUT2D eigenvalue weighted by Crippen LogP contribution is 2.24. The number of rotatable bonds is 4. The van der Waals surface area contributed by atoms with Gasteiger partial charge in [-0.15, -0.1) is 0 Å². The molecule has 0 aliphatic rings. The van der Waals surface area contributed by atoms with E-state index in [2.05, 4.69) is 0 Å². The molecular weight excluding hydrogens is 253 g/mol. The zero-order chi connectivity index (χ0) is 13.9. The Bertz CT molecular complexity index is 472. The van der Waals surface area contributed by atoms with Gasteiger partial charge in [-0.1, -0.05) is 11.6 Å². The van der Waals surface area contributed by atoms with Crippen LogP contribution in [-0.2, 0) is 4.79 Å². The van der Waals surface area contributed by atoms with Crippen molar-refractivity contribution >= 4 is 23.5 Å². The van der Waals surface area contributed by atoms with E-state index in [1.54, 1.807) is 26.0 Å². The summed E-state index contributed by atoms with van der Waals surface area (Å²) in [5, 5.41) is 0.459. The Morgan fingerprint density at radius 1 is 1.33 bits per heavy atom. The largest absolute Gasteiger partial charge is 0.304 e. The lowest BCUT2D eigenvalue weighted by molar-refractivity contribution is -0.103. The molecule has 0 fully saturated rings. The molecule has 1 aromatic carbocycles. The summed E-state index contributed by atoms with van der Waals surface area (Å²) in [6.07, 6.45) is 0.720. The molecule has 2 nitrogen and oxygen atoms in total. The quantitative estimate of drug-likeness (QED) is 0.618. The van der Waals surface area contributed by atoms with Crippen molar-refractivity contribution in [2.75, 3.05) is 20.6 Å². The van der Waals surface area contributed by atoms with Crippen molar-refractivity contribution in [3.8, 4) is 0 Å². The Balaban J connectivity index is 3.29. The molecule has 4 heteroatoms. The van der Waals surface area contributed by atoms with Gasteiger partial charge in [0.2, 0.25) is 0 Å². The zero-order valence-corrected chi connectivity index (χ0v) is 11.8. The molecule has 0 unspecified atom stereocenters. The number of hydrogen-bond acceptors (Lipinski definition) is 2. The van der Waals surface area contributed by atoms with Crippen molar-refractivity contribution in [3.05, 3.63) is 39.7 Å². The van der Waals surface area contributed by atoms with E-state index >= 15 is 0 Å². The molecule has 0 radical (unpaired) electrons. The molecule has 0 N–H and O–H groups in total. The van der Waals surface area contributed by atoms with Crippen LogP contribution in [0.2, 0.25) is 0 Å². The molecule has 0 aromatic heterocycles.